The van der Waals surface area contributed by atoms with Crippen LogP contribution in [0.5, 0.6) is 0 Å². The van der Waals surface area contributed by atoms with Gasteiger partial charge in [0.2, 0.25) is 0 Å². The molecule has 0 saturated carbocycles. The van der Waals surface area contributed by atoms with Crippen LogP contribution in [0.4, 0.5) is 0 Å². The summed E-state index contributed by atoms with van der Waals surface area (Å²) in [5.41, 5.74) is 2.64. The van der Waals surface area contributed by atoms with Gasteiger partial charge in [0, 0.05) is 23.2 Å². The van der Waals surface area contributed by atoms with E-state index >= 15 is 0 Å². The van der Waals surface area contributed by atoms with Gasteiger partial charge in [0.15, 0.2) is 0 Å². The highest BCUT2D eigenvalue weighted by Gasteiger charge is 2.08. The average Bonchev–Trinajstić information content (AvgIpc) is 2.40. The van der Waals surface area contributed by atoms with E-state index in [2.05, 4.69) is 74.4 Å². The van der Waals surface area contributed by atoms with Crippen molar-refractivity contribution >= 4 is 11.8 Å². The van der Waals surface area contributed by atoms with Crippen LogP contribution in [0, 0.1) is 6.92 Å². The summed E-state index contributed by atoms with van der Waals surface area (Å²) in [4.78, 5) is 5.80. The van der Waals surface area contributed by atoms with Crippen LogP contribution >= 0.6 is 11.8 Å². The van der Waals surface area contributed by atoms with E-state index < -0.39 is 0 Å². The van der Waals surface area contributed by atoms with Gasteiger partial charge in [-0.05, 0) is 51.0 Å². The van der Waals surface area contributed by atoms with Crippen LogP contribution in [-0.2, 0) is 6.54 Å². The Balaban J connectivity index is 2.00. The van der Waals surface area contributed by atoms with Gasteiger partial charge in [-0.3, -0.25) is 0 Å². The number of benzene rings is 1. The normalized spacial score (nSPS) is 11.6. The van der Waals surface area contributed by atoms with Crippen molar-refractivity contribution in [2.75, 3.05) is 0 Å². The zero-order chi connectivity index (χ0) is 14.6. The number of hydrogen-bond donors (Lipinski definition) is 1. The molecular weight excluding hydrogens is 264 g/mol. The van der Waals surface area contributed by atoms with Crippen LogP contribution in [0.15, 0.2) is 52.5 Å². The third kappa shape index (κ3) is 4.66. The molecule has 20 heavy (non-hydrogen) atoms. The zero-order valence-corrected chi connectivity index (χ0v) is 13.4. The minimum atomic E-state index is 0.134. The Kier molecular flexibility index (Phi) is 4.84. The second-order valence-corrected chi connectivity index (χ2v) is 7.04. The van der Waals surface area contributed by atoms with Gasteiger partial charge in [-0.2, -0.15) is 0 Å². The molecule has 0 saturated heterocycles. The Hall–Kier alpha value is -1.32. The number of rotatable bonds is 4. The first-order chi connectivity index (χ1) is 9.44. The van der Waals surface area contributed by atoms with Crippen LogP contribution in [0.25, 0.3) is 0 Å². The molecule has 0 fully saturated rings. The molecular formula is C17H22N2S. The van der Waals surface area contributed by atoms with Gasteiger partial charge in [-0.1, -0.05) is 36.0 Å². The molecule has 0 aliphatic heterocycles. The highest BCUT2D eigenvalue weighted by atomic mass is 32.2. The first-order valence-electron chi connectivity index (χ1n) is 6.87. The predicted molar refractivity (Wildman–Crippen MR) is 86.1 cm³/mol. The van der Waals surface area contributed by atoms with E-state index in [1.54, 1.807) is 11.8 Å². The minimum absolute atomic E-state index is 0.134. The summed E-state index contributed by atoms with van der Waals surface area (Å²) in [5, 5.41) is 4.51. The number of nitrogens with zero attached hydrogens (tertiary/aromatic N) is 1. The molecule has 3 heteroatoms. The Morgan fingerprint density at radius 1 is 1.10 bits per heavy atom. The molecule has 1 N–H and O–H groups in total. The van der Waals surface area contributed by atoms with Crippen LogP contribution < -0.4 is 5.32 Å². The Bertz CT molecular complexity index is 556. The van der Waals surface area contributed by atoms with E-state index in [0.29, 0.717) is 0 Å². The van der Waals surface area contributed by atoms with Crippen molar-refractivity contribution in [3.05, 3.63) is 53.7 Å². The van der Waals surface area contributed by atoms with Crippen LogP contribution in [0.3, 0.4) is 0 Å². The number of aromatic nitrogens is 1. The van der Waals surface area contributed by atoms with Crippen molar-refractivity contribution in [3.8, 4) is 0 Å². The molecule has 1 heterocycles. The van der Waals surface area contributed by atoms with E-state index in [-0.39, 0.29) is 5.54 Å². The van der Waals surface area contributed by atoms with Crippen molar-refractivity contribution < 1.29 is 0 Å². The Labute approximate surface area is 126 Å². The molecule has 2 nitrogen and oxygen atoms in total. The smallest absolute Gasteiger partial charge is 0.101 e. The zero-order valence-electron chi connectivity index (χ0n) is 12.6. The summed E-state index contributed by atoms with van der Waals surface area (Å²) in [7, 11) is 0. The van der Waals surface area contributed by atoms with Gasteiger partial charge < -0.3 is 5.32 Å². The molecule has 1 aromatic heterocycles. The second kappa shape index (κ2) is 6.42. The third-order valence-electron chi connectivity index (χ3n) is 2.93. The van der Waals surface area contributed by atoms with E-state index in [9.17, 15) is 0 Å². The first-order valence-corrected chi connectivity index (χ1v) is 7.69. The topological polar surface area (TPSA) is 24.9 Å². The molecule has 2 rings (SSSR count). The molecule has 0 amide bonds. The largest absolute Gasteiger partial charge is 0.308 e. The molecule has 106 valence electrons. The van der Waals surface area contributed by atoms with Crippen molar-refractivity contribution in [2.45, 2.75) is 49.7 Å². The Morgan fingerprint density at radius 3 is 2.45 bits per heavy atom. The predicted octanol–water partition coefficient (Wildman–Crippen LogP) is 4.43. The third-order valence-corrected chi connectivity index (χ3v) is 4.06. The number of nitrogens with one attached hydrogen (secondary N) is 1. The van der Waals surface area contributed by atoms with Crippen LogP contribution in [0.2, 0.25) is 0 Å². The van der Waals surface area contributed by atoms with Gasteiger partial charge in [0.05, 0.1) is 0 Å². The summed E-state index contributed by atoms with van der Waals surface area (Å²) in [6.45, 7) is 9.49. The maximum Gasteiger partial charge on any atom is 0.101 e. The number of hydrogen-bond acceptors (Lipinski definition) is 3. The molecule has 1 aromatic carbocycles. The molecule has 0 spiro atoms. The molecule has 0 radical (unpaired) electrons. The van der Waals surface area contributed by atoms with Crippen molar-refractivity contribution in [2.24, 2.45) is 0 Å². The fourth-order valence-electron chi connectivity index (χ4n) is 1.73. The quantitative estimate of drug-likeness (QED) is 0.900. The molecule has 0 bridgehead atoms. The maximum absolute atomic E-state index is 4.54. The van der Waals surface area contributed by atoms with Crippen molar-refractivity contribution in [1.29, 1.82) is 0 Å². The molecule has 0 unspecified atom stereocenters. The molecule has 0 aliphatic rings. The van der Waals surface area contributed by atoms with Crippen molar-refractivity contribution in [3.63, 3.8) is 0 Å². The lowest BCUT2D eigenvalue weighted by Gasteiger charge is -2.20. The van der Waals surface area contributed by atoms with E-state index in [1.165, 1.54) is 16.0 Å². The van der Waals surface area contributed by atoms with Gasteiger partial charge in [-0.25, -0.2) is 4.98 Å². The summed E-state index contributed by atoms with van der Waals surface area (Å²) in [5.74, 6) is 0. The summed E-state index contributed by atoms with van der Waals surface area (Å²) >= 11 is 1.72. The monoisotopic (exact) mass is 286 g/mol. The second-order valence-electron chi connectivity index (χ2n) is 5.98. The first kappa shape index (κ1) is 15.1. The maximum atomic E-state index is 4.54. The van der Waals surface area contributed by atoms with Crippen molar-refractivity contribution in [1.82, 2.24) is 10.3 Å². The minimum Gasteiger partial charge on any atom is -0.308 e. The van der Waals surface area contributed by atoms with Gasteiger partial charge in [-0.15, -0.1) is 0 Å². The van der Waals surface area contributed by atoms with E-state index in [4.69, 9.17) is 0 Å². The number of aryl methyl sites for hydroxylation is 1. The highest BCUT2D eigenvalue weighted by molar-refractivity contribution is 7.99. The van der Waals surface area contributed by atoms with Gasteiger partial charge >= 0.3 is 0 Å². The molecule has 0 atom stereocenters. The summed E-state index contributed by atoms with van der Waals surface area (Å²) in [6, 6.07) is 12.6. The van der Waals surface area contributed by atoms with Crippen LogP contribution in [0.1, 0.15) is 31.9 Å². The average molecular weight is 286 g/mol. The molecule has 2 aromatic rings. The lowest BCUT2D eigenvalue weighted by molar-refractivity contribution is 0.424. The fraction of sp³-hybridized carbons (Fsp3) is 0.353. The Morgan fingerprint density at radius 2 is 1.85 bits per heavy atom. The van der Waals surface area contributed by atoms with Gasteiger partial charge in [0.25, 0.3) is 0 Å². The lowest BCUT2D eigenvalue weighted by Crippen LogP contribution is -2.35. The fourth-order valence-corrected chi connectivity index (χ4v) is 2.57. The standard InChI is InChI=1S/C17H22N2S/c1-13-7-5-6-8-15(13)20-16-10-9-14(11-18-16)12-19-17(2,3)4/h5-11,19H,12H2,1-4H3. The summed E-state index contributed by atoms with van der Waals surface area (Å²) in [6.07, 6.45) is 1.96. The van der Waals surface area contributed by atoms with Crippen LogP contribution in [-0.4, -0.2) is 10.5 Å². The number of pyridine rings is 1. The lowest BCUT2D eigenvalue weighted by atomic mass is 10.1. The summed E-state index contributed by atoms with van der Waals surface area (Å²) < 4.78 is 0. The van der Waals surface area contributed by atoms with E-state index in [1.807, 2.05) is 6.20 Å². The molecule has 0 aliphatic carbocycles. The van der Waals surface area contributed by atoms with E-state index in [0.717, 1.165) is 11.6 Å². The SMILES string of the molecule is Cc1ccccc1Sc1ccc(CNC(C)(C)C)cn1. The van der Waals surface area contributed by atoms with Gasteiger partial charge in [0.1, 0.15) is 5.03 Å². The highest BCUT2D eigenvalue weighted by Crippen LogP contribution is 2.28.